The van der Waals surface area contributed by atoms with Crippen LogP contribution in [0.15, 0.2) is 30.0 Å². The van der Waals surface area contributed by atoms with E-state index in [-0.39, 0.29) is 28.3 Å². The number of ether oxygens (including phenoxy) is 1. The summed E-state index contributed by atoms with van der Waals surface area (Å²) in [6, 6.07) is 3.67. The smallest absolute Gasteiger partial charge is 0.431 e. The third-order valence-electron chi connectivity index (χ3n) is 2.28. The molecule has 0 atom stereocenters. The van der Waals surface area contributed by atoms with Gasteiger partial charge in [0.15, 0.2) is 0 Å². The monoisotopic (exact) mass is 355 g/mol. The van der Waals surface area contributed by atoms with E-state index in [0.717, 1.165) is 0 Å². The normalized spacial score (nSPS) is 12.0. The number of benzene rings is 1. The van der Waals surface area contributed by atoms with Gasteiger partial charge >= 0.3 is 12.1 Å². The molecule has 0 fully saturated rings. The van der Waals surface area contributed by atoms with Crippen LogP contribution in [0.1, 0.15) is 17.3 Å². The molecular formula is C13H10Cl2F3NO3. The van der Waals surface area contributed by atoms with Crippen LogP contribution in [0, 0.1) is 0 Å². The second-order valence-electron chi connectivity index (χ2n) is 3.89. The lowest BCUT2D eigenvalue weighted by molar-refractivity contribution is -0.138. The molecule has 0 radical (unpaired) electrons. The summed E-state index contributed by atoms with van der Waals surface area (Å²) in [7, 11) is 0. The number of halogens is 5. The minimum absolute atomic E-state index is 0.0998. The van der Waals surface area contributed by atoms with Crippen LogP contribution in [0.2, 0.25) is 10.0 Å². The Labute approximate surface area is 133 Å². The van der Waals surface area contributed by atoms with Gasteiger partial charge in [0.25, 0.3) is 5.91 Å². The van der Waals surface area contributed by atoms with E-state index < -0.39 is 23.7 Å². The lowest BCUT2D eigenvalue weighted by Crippen LogP contribution is -2.32. The van der Waals surface area contributed by atoms with Gasteiger partial charge in [-0.2, -0.15) is 13.2 Å². The molecule has 4 nitrogen and oxygen atoms in total. The van der Waals surface area contributed by atoms with Crippen molar-refractivity contribution in [1.29, 1.82) is 0 Å². The van der Waals surface area contributed by atoms with E-state index in [9.17, 15) is 22.8 Å². The minimum atomic E-state index is -4.94. The Bertz CT molecular complexity index is 615. The molecule has 0 aliphatic rings. The Kier molecular flexibility index (Phi) is 6.25. The molecule has 0 aliphatic carbocycles. The average Bonchev–Trinajstić information content (AvgIpc) is 2.36. The molecule has 1 aromatic rings. The Balaban J connectivity index is 3.04. The zero-order valence-electron chi connectivity index (χ0n) is 11.1. The number of hydrogen-bond acceptors (Lipinski definition) is 3. The molecular weight excluding hydrogens is 346 g/mol. The molecule has 1 aromatic carbocycles. The number of nitrogens with one attached hydrogen (secondary N) is 1. The summed E-state index contributed by atoms with van der Waals surface area (Å²) >= 11 is 11.4. The van der Waals surface area contributed by atoms with E-state index in [1.807, 2.05) is 0 Å². The molecule has 9 heteroatoms. The van der Waals surface area contributed by atoms with Crippen LogP contribution in [0.3, 0.4) is 0 Å². The molecule has 0 aromatic heterocycles. The fourth-order valence-electron chi connectivity index (χ4n) is 1.35. The Morgan fingerprint density at radius 3 is 2.45 bits per heavy atom. The number of esters is 1. The average molecular weight is 356 g/mol. The lowest BCUT2D eigenvalue weighted by Gasteiger charge is -2.13. The van der Waals surface area contributed by atoms with E-state index in [1.54, 1.807) is 5.32 Å². The van der Waals surface area contributed by atoms with E-state index in [4.69, 9.17) is 23.2 Å². The third-order valence-corrected chi connectivity index (χ3v) is 2.83. The first kappa shape index (κ1) is 18.3. The molecule has 1 rings (SSSR count). The maximum Gasteiger partial charge on any atom is 0.431 e. The summed E-state index contributed by atoms with van der Waals surface area (Å²) in [5.74, 6) is -2.35. The molecule has 0 unspecified atom stereocenters. The number of carbonyl (C=O) groups excluding carboxylic acids is 2. The lowest BCUT2D eigenvalue weighted by atomic mass is 10.2. The number of carbonyl (C=O) groups is 2. The van der Waals surface area contributed by atoms with Gasteiger partial charge in [-0.05, 0) is 25.1 Å². The summed E-state index contributed by atoms with van der Waals surface area (Å²) in [4.78, 5) is 23.0. The van der Waals surface area contributed by atoms with Crippen molar-refractivity contribution in [3.8, 4) is 0 Å². The highest BCUT2D eigenvalue weighted by Crippen LogP contribution is 2.25. The van der Waals surface area contributed by atoms with Crippen LogP contribution in [0.5, 0.6) is 0 Å². The molecule has 0 heterocycles. The van der Waals surface area contributed by atoms with Gasteiger partial charge in [-0.3, -0.25) is 4.79 Å². The summed E-state index contributed by atoms with van der Waals surface area (Å²) in [5, 5.41) is 1.69. The van der Waals surface area contributed by atoms with Gasteiger partial charge in [0, 0.05) is 5.02 Å². The molecule has 1 amide bonds. The topological polar surface area (TPSA) is 55.4 Å². The fourth-order valence-corrected chi connectivity index (χ4v) is 1.85. The highest BCUT2D eigenvalue weighted by atomic mass is 35.5. The van der Waals surface area contributed by atoms with Crippen molar-refractivity contribution in [2.75, 3.05) is 6.61 Å². The van der Waals surface area contributed by atoms with Crippen LogP contribution in [0.4, 0.5) is 13.2 Å². The van der Waals surface area contributed by atoms with Gasteiger partial charge in [0.05, 0.1) is 23.3 Å². The van der Waals surface area contributed by atoms with Gasteiger partial charge in [-0.1, -0.05) is 23.2 Å². The largest absolute Gasteiger partial charge is 0.463 e. The summed E-state index contributed by atoms with van der Waals surface area (Å²) in [5.41, 5.74) is -1.77. The van der Waals surface area contributed by atoms with Gasteiger partial charge in [-0.25, -0.2) is 4.79 Å². The fraction of sp³-hybridized carbons (Fsp3) is 0.231. The molecule has 0 bridgehead atoms. The first-order valence-electron chi connectivity index (χ1n) is 5.87. The van der Waals surface area contributed by atoms with Gasteiger partial charge < -0.3 is 10.1 Å². The number of amides is 1. The quantitative estimate of drug-likeness (QED) is 0.661. The Morgan fingerprint density at radius 1 is 1.32 bits per heavy atom. The maximum absolute atomic E-state index is 12.8. The first-order valence-corrected chi connectivity index (χ1v) is 6.62. The van der Waals surface area contributed by atoms with Crippen LogP contribution in [-0.4, -0.2) is 24.7 Å². The third kappa shape index (κ3) is 5.23. The first-order chi connectivity index (χ1) is 10.1. The van der Waals surface area contributed by atoms with Crippen molar-refractivity contribution in [2.45, 2.75) is 13.1 Å². The van der Waals surface area contributed by atoms with Crippen molar-refractivity contribution in [1.82, 2.24) is 5.32 Å². The van der Waals surface area contributed by atoms with Crippen molar-refractivity contribution in [3.63, 3.8) is 0 Å². The molecule has 22 heavy (non-hydrogen) atoms. The number of rotatable bonds is 4. The number of hydrogen-bond donors (Lipinski definition) is 1. The molecule has 0 aliphatic heterocycles. The predicted molar refractivity (Wildman–Crippen MR) is 74.7 cm³/mol. The van der Waals surface area contributed by atoms with Crippen molar-refractivity contribution >= 4 is 35.1 Å². The van der Waals surface area contributed by atoms with Gasteiger partial charge in [0.2, 0.25) is 0 Å². The van der Waals surface area contributed by atoms with E-state index in [1.165, 1.54) is 25.1 Å². The summed E-state index contributed by atoms with van der Waals surface area (Å²) in [6.45, 7) is 1.34. The predicted octanol–water partition coefficient (Wildman–Crippen LogP) is 3.73. The molecule has 1 N–H and O–H groups in total. The SMILES string of the molecule is CCOC(=O)C=C(NC(=O)c1ccc(Cl)cc1Cl)C(F)(F)F. The highest BCUT2D eigenvalue weighted by molar-refractivity contribution is 6.36. The van der Waals surface area contributed by atoms with Gasteiger partial charge in [-0.15, -0.1) is 0 Å². The molecule has 120 valence electrons. The van der Waals surface area contributed by atoms with E-state index in [2.05, 4.69) is 4.74 Å². The zero-order valence-corrected chi connectivity index (χ0v) is 12.6. The van der Waals surface area contributed by atoms with E-state index >= 15 is 0 Å². The minimum Gasteiger partial charge on any atom is -0.463 e. The Hall–Kier alpha value is -1.73. The second kappa shape index (κ2) is 7.51. The van der Waals surface area contributed by atoms with E-state index in [0.29, 0.717) is 0 Å². The van der Waals surface area contributed by atoms with Gasteiger partial charge in [0.1, 0.15) is 5.70 Å². The molecule has 0 saturated heterocycles. The summed E-state index contributed by atoms with van der Waals surface area (Å²) < 4.78 is 42.8. The second-order valence-corrected chi connectivity index (χ2v) is 4.73. The van der Waals surface area contributed by atoms with Crippen molar-refractivity contribution in [3.05, 3.63) is 45.6 Å². The number of alkyl halides is 3. The van der Waals surface area contributed by atoms with Crippen LogP contribution in [-0.2, 0) is 9.53 Å². The van der Waals surface area contributed by atoms with Crippen LogP contribution >= 0.6 is 23.2 Å². The van der Waals surface area contributed by atoms with Crippen LogP contribution in [0.25, 0.3) is 0 Å². The highest BCUT2D eigenvalue weighted by Gasteiger charge is 2.36. The summed E-state index contributed by atoms with van der Waals surface area (Å²) in [6.07, 6.45) is -4.79. The maximum atomic E-state index is 12.8. The Morgan fingerprint density at radius 2 is 1.95 bits per heavy atom. The van der Waals surface area contributed by atoms with Crippen molar-refractivity contribution in [2.24, 2.45) is 0 Å². The molecule has 0 spiro atoms. The zero-order chi connectivity index (χ0) is 16.9. The van der Waals surface area contributed by atoms with Crippen molar-refractivity contribution < 1.29 is 27.5 Å². The number of allylic oxidation sites excluding steroid dienone is 1. The van der Waals surface area contributed by atoms with Crippen LogP contribution < -0.4 is 5.32 Å². The standard InChI is InChI=1S/C13H10Cl2F3NO3/c1-2-22-11(20)6-10(13(16,17)18)19-12(21)8-4-3-7(14)5-9(8)15/h3-6H,2H2,1H3,(H,19,21). The molecule has 0 saturated carbocycles.